The summed E-state index contributed by atoms with van der Waals surface area (Å²) in [5.41, 5.74) is 3.10. The van der Waals surface area contributed by atoms with E-state index in [0.29, 0.717) is 24.5 Å². The van der Waals surface area contributed by atoms with Crippen LogP contribution in [-0.2, 0) is 22.7 Å². The number of amides is 2. The third kappa shape index (κ3) is 5.30. The Kier molecular flexibility index (Phi) is 7.10. The minimum Gasteiger partial charge on any atom is -0.495 e. The van der Waals surface area contributed by atoms with Gasteiger partial charge >= 0.3 is 0 Å². The number of carbonyl (C=O) groups is 2. The quantitative estimate of drug-likeness (QED) is 0.722. The number of para-hydroxylation sites is 2. The zero-order valence-electron chi connectivity index (χ0n) is 19.0. The molecule has 0 bridgehead atoms. The van der Waals surface area contributed by atoms with Gasteiger partial charge in [-0.25, -0.2) is 0 Å². The second kappa shape index (κ2) is 10.2. The molecule has 4 rings (SSSR count). The molecule has 0 radical (unpaired) electrons. The lowest BCUT2D eigenvalue weighted by atomic mass is 9.99. The molecule has 2 heterocycles. The first-order valence-corrected chi connectivity index (χ1v) is 11.5. The summed E-state index contributed by atoms with van der Waals surface area (Å²) in [5, 5.41) is 3.01. The Labute approximate surface area is 190 Å². The maximum absolute atomic E-state index is 12.7. The topological polar surface area (TPSA) is 61.9 Å². The molecule has 0 saturated carbocycles. The summed E-state index contributed by atoms with van der Waals surface area (Å²) in [5.74, 6) is 0.997. The largest absolute Gasteiger partial charge is 0.495 e. The Bertz CT molecular complexity index is 936. The monoisotopic (exact) mass is 435 g/mol. The van der Waals surface area contributed by atoms with Crippen molar-refractivity contribution in [1.29, 1.82) is 0 Å². The van der Waals surface area contributed by atoms with Gasteiger partial charge in [0.25, 0.3) is 0 Å². The molecule has 2 fully saturated rings. The number of carbonyl (C=O) groups excluding carboxylic acids is 2. The van der Waals surface area contributed by atoms with Gasteiger partial charge in [-0.05, 0) is 55.1 Å². The van der Waals surface area contributed by atoms with Gasteiger partial charge in [-0.3, -0.25) is 14.5 Å². The lowest BCUT2D eigenvalue weighted by molar-refractivity contribution is -0.126. The molecule has 2 aliphatic rings. The smallest absolute Gasteiger partial charge is 0.227 e. The van der Waals surface area contributed by atoms with Crippen LogP contribution in [0.5, 0.6) is 5.75 Å². The number of hydrogen-bond acceptors (Lipinski definition) is 4. The van der Waals surface area contributed by atoms with Crippen LogP contribution in [0.15, 0.2) is 48.5 Å². The minimum atomic E-state index is -0.354. The SMILES string of the molecule is COc1ccccc1N1CC(C(=O)NCc2ccc(CN3CCC(C)CC3)cc2)CC1=O. The Morgan fingerprint density at radius 1 is 1.06 bits per heavy atom. The molecule has 6 nitrogen and oxygen atoms in total. The average molecular weight is 436 g/mol. The number of rotatable bonds is 7. The highest BCUT2D eigenvalue weighted by Gasteiger charge is 2.36. The number of nitrogens with one attached hydrogen (secondary N) is 1. The van der Waals surface area contributed by atoms with Crippen LogP contribution in [0.1, 0.15) is 37.3 Å². The Morgan fingerprint density at radius 2 is 1.75 bits per heavy atom. The van der Waals surface area contributed by atoms with Crippen molar-refractivity contribution >= 4 is 17.5 Å². The normalized spacial score (nSPS) is 19.9. The van der Waals surface area contributed by atoms with E-state index in [9.17, 15) is 9.59 Å². The molecule has 2 aliphatic heterocycles. The fourth-order valence-electron chi connectivity index (χ4n) is 4.54. The second-order valence-electron chi connectivity index (χ2n) is 9.07. The lowest BCUT2D eigenvalue weighted by Gasteiger charge is -2.30. The van der Waals surface area contributed by atoms with Gasteiger partial charge in [0.15, 0.2) is 0 Å². The van der Waals surface area contributed by atoms with E-state index in [1.807, 2.05) is 24.3 Å². The molecule has 170 valence electrons. The number of benzene rings is 2. The number of nitrogens with zero attached hydrogens (tertiary/aromatic N) is 2. The summed E-state index contributed by atoms with van der Waals surface area (Å²) in [6, 6.07) is 15.9. The molecular formula is C26H33N3O3. The van der Waals surface area contributed by atoms with Crippen LogP contribution in [0.3, 0.4) is 0 Å². The van der Waals surface area contributed by atoms with Crippen LogP contribution in [0.4, 0.5) is 5.69 Å². The number of likely N-dealkylation sites (tertiary alicyclic amines) is 1. The molecule has 2 aromatic carbocycles. The first-order valence-electron chi connectivity index (χ1n) is 11.5. The van der Waals surface area contributed by atoms with Crippen molar-refractivity contribution in [2.45, 2.75) is 39.3 Å². The van der Waals surface area contributed by atoms with E-state index in [0.717, 1.165) is 18.0 Å². The highest BCUT2D eigenvalue weighted by atomic mass is 16.5. The highest BCUT2D eigenvalue weighted by Crippen LogP contribution is 2.32. The van der Waals surface area contributed by atoms with Crippen LogP contribution >= 0.6 is 0 Å². The number of hydrogen-bond donors (Lipinski definition) is 1. The second-order valence-corrected chi connectivity index (χ2v) is 9.07. The Hall–Kier alpha value is -2.86. The first-order chi connectivity index (χ1) is 15.5. The van der Waals surface area contributed by atoms with Crippen molar-refractivity contribution in [3.63, 3.8) is 0 Å². The van der Waals surface area contributed by atoms with Crippen LogP contribution in [-0.4, -0.2) is 43.5 Å². The van der Waals surface area contributed by atoms with Crippen molar-refractivity contribution in [3.8, 4) is 5.75 Å². The molecule has 2 aromatic rings. The molecule has 6 heteroatoms. The van der Waals surface area contributed by atoms with E-state index < -0.39 is 0 Å². The van der Waals surface area contributed by atoms with Crippen molar-refractivity contribution in [2.75, 3.05) is 31.6 Å². The van der Waals surface area contributed by atoms with E-state index in [2.05, 4.69) is 41.4 Å². The standard InChI is InChI=1S/C26H33N3O3/c1-19-11-13-28(14-12-19)17-21-9-7-20(8-10-21)16-27-26(31)22-15-25(30)29(18-22)23-5-3-4-6-24(23)32-2/h3-10,19,22H,11-18H2,1-2H3,(H,27,31). The van der Waals surface area contributed by atoms with E-state index in [-0.39, 0.29) is 24.2 Å². The zero-order valence-corrected chi connectivity index (χ0v) is 19.0. The summed E-state index contributed by atoms with van der Waals surface area (Å²) in [4.78, 5) is 29.4. The van der Waals surface area contributed by atoms with Crippen molar-refractivity contribution < 1.29 is 14.3 Å². The van der Waals surface area contributed by atoms with Crippen molar-refractivity contribution in [1.82, 2.24) is 10.2 Å². The molecule has 2 amide bonds. The number of piperidine rings is 1. The van der Waals surface area contributed by atoms with Gasteiger partial charge in [0.05, 0.1) is 18.7 Å². The molecule has 1 unspecified atom stereocenters. The summed E-state index contributed by atoms with van der Waals surface area (Å²) < 4.78 is 5.37. The van der Waals surface area contributed by atoms with Crippen molar-refractivity contribution in [3.05, 3.63) is 59.7 Å². The lowest BCUT2D eigenvalue weighted by Crippen LogP contribution is -2.33. The van der Waals surface area contributed by atoms with Gasteiger partial charge < -0.3 is 15.0 Å². The summed E-state index contributed by atoms with van der Waals surface area (Å²) in [7, 11) is 1.59. The number of ether oxygens (including phenoxy) is 1. The maximum atomic E-state index is 12.7. The van der Waals surface area contributed by atoms with Crippen LogP contribution in [0.2, 0.25) is 0 Å². The maximum Gasteiger partial charge on any atom is 0.227 e. The van der Waals surface area contributed by atoms with Crippen LogP contribution in [0, 0.1) is 11.8 Å². The molecule has 1 N–H and O–H groups in total. The van der Waals surface area contributed by atoms with E-state index in [1.54, 1.807) is 12.0 Å². The summed E-state index contributed by atoms with van der Waals surface area (Å²) in [6.45, 7) is 6.51. The Balaban J connectivity index is 1.28. The fourth-order valence-corrected chi connectivity index (χ4v) is 4.54. The van der Waals surface area contributed by atoms with Gasteiger partial charge in [0.1, 0.15) is 5.75 Å². The molecular weight excluding hydrogens is 402 g/mol. The molecule has 32 heavy (non-hydrogen) atoms. The number of anilines is 1. The zero-order chi connectivity index (χ0) is 22.5. The molecule has 0 spiro atoms. The van der Waals surface area contributed by atoms with Gasteiger partial charge in [-0.1, -0.05) is 43.3 Å². The predicted molar refractivity (Wildman–Crippen MR) is 125 cm³/mol. The average Bonchev–Trinajstić information content (AvgIpc) is 3.21. The minimum absolute atomic E-state index is 0.0499. The predicted octanol–water partition coefficient (Wildman–Crippen LogP) is 3.60. The van der Waals surface area contributed by atoms with Gasteiger partial charge in [0, 0.05) is 26.1 Å². The number of methoxy groups -OCH3 is 1. The summed E-state index contributed by atoms with van der Waals surface area (Å²) >= 11 is 0. The van der Waals surface area contributed by atoms with Crippen LogP contribution in [0.25, 0.3) is 0 Å². The fraction of sp³-hybridized carbons (Fsp3) is 0.462. The molecule has 0 aliphatic carbocycles. The van der Waals surface area contributed by atoms with Gasteiger partial charge in [-0.15, -0.1) is 0 Å². The highest BCUT2D eigenvalue weighted by molar-refractivity contribution is 6.01. The Morgan fingerprint density at radius 3 is 2.47 bits per heavy atom. The van der Waals surface area contributed by atoms with Gasteiger partial charge in [0.2, 0.25) is 11.8 Å². The van der Waals surface area contributed by atoms with Gasteiger partial charge in [-0.2, -0.15) is 0 Å². The third-order valence-corrected chi connectivity index (χ3v) is 6.64. The van der Waals surface area contributed by atoms with E-state index in [4.69, 9.17) is 4.74 Å². The van der Waals surface area contributed by atoms with Crippen LogP contribution < -0.4 is 15.0 Å². The first kappa shape index (κ1) is 22.3. The third-order valence-electron chi connectivity index (χ3n) is 6.64. The summed E-state index contributed by atoms with van der Waals surface area (Å²) in [6.07, 6.45) is 2.78. The molecule has 1 atom stereocenters. The molecule has 2 saturated heterocycles. The molecule has 0 aromatic heterocycles. The van der Waals surface area contributed by atoms with E-state index in [1.165, 1.54) is 31.5 Å². The van der Waals surface area contributed by atoms with Crippen molar-refractivity contribution in [2.24, 2.45) is 11.8 Å². The van der Waals surface area contributed by atoms with E-state index >= 15 is 0 Å².